The molecule has 0 aliphatic carbocycles. The number of aliphatic carboxylic acids is 1. The number of guanidine groups is 2. The number of carboxylic acids is 1. The first kappa shape index (κ1) is 70.0. The van der Waals surface area contributed by atoms with E-state index in [2.05, 4.69) is 52.5 Å². The van der Waals surface area contributed by atoms with Crippen LogP contribution in [0.1, 0.15) is 111 Å². The average Bonchev–Trinajstić information content (AvgIpc) is 3.36. The van der Waals surface area contributed by atoms with Gasteiger partial charge >= 0.3 is 5.97 Å². The second-order valence-electron chi connectivity index (χ2n) is 18.9. The average molecular weight is 1100 g/mol. The smallest absolute Gasteiger partial charge is 0.326 e. The fourth-order valence-corrected chi connectivity index (χ4v) is 7.30. The fourth-order valence-electron chi connectivity index (χ4n) is 7.30. The molecule has 0 saturated heterocycles. The lowest BCUT2D eigenvalue weighted by Gasteiger charge is -2.28. The Morgan fingerprint density at radius 2 is 0.831 bits per heavy atom. The van der Waals surface area contributed by atoms with Crippen molar-refractivity contribution in [2.75, 3.05) is 39.4 Å². The van der Waals surface area contributed by atoms with Crippen molar-refractivity contribution >= 4 is 71.1 Å². The molecule has 0 unspecified atom stereocenters. The standard InChI is InChI=1S/C46H88N18O13/c1-5-25(4)35(43(75)61-31(44(76)77)20-24(2)3)64-42(74)33(23-66)63-41(73)32(22-65)62-40(72)30(21-34(50)67)60-39(71)29(15-11-19-56-46(53)54)59-37(69)27(13-7-9-17-48)58-38(70)28(14-10-18-55-45(51)52)57-36(68)26(49)12-6-8-16-47/h24-33,35,65-66H,5-23,47-49H2,1-4H3,(H2,50,67)(H,57,68)(H,58,70)(H,59,69)(H,60,71)(H,61,75)(H,62,72)(H,63,73)(H,64,74)(H,76,77)(H4,51,52,55)(H4,53,54,56)/t25-,26-,27-,28-,29-,30-,31-,32-,33-,35-/m0/s1. The number of carbonyl (C=O) groups is 10. The van der Waals surface area contributed by atoms with E-state index in [9.17, 15) is 63.3 Å². The van der Waals surface area contributed by atoms with Gasteiger partial charge in [-0.1, -0.05) is 40.5 Å². The van der Waals surface area contributed by atoms with Gasteiger partial charge in [-0.25, -0.2) is 4.79 Å². The molecule has 9 amide bonds. The molecule has 0 fully saturated rings. The molecule has 10 atom stereocenters. The zero-order valence-electron chi connectivity index (χ0n) is 44.7. The summed E-state index contributed by atoms with van der Waals surface area (Å²) in [5.41, 5.74) is 44.6. The molecule has 0 aliphatic rings. The van der Waals surface area contributed by atoms with E-state index < -0.39 is 139 Å². The highest BCUT2D eigenvalue weighted by molar-refractivity contribution is 5.99. The van der Waals surface area contributed by atoms with E-state index in [-0.39, 0.29) is 82.4 Å². The Morgan fingerprint density at radius 1 is 0.468 bits per heavy atom. The molecule has 77 heavy (non-hydrogen) atoms. The Kier molecular flexibility index (Phi) is 35.1. The number of rotatable bonds is 41. The van der Waals surface area contributed by atoms with E-state index in [1.807, 2.05) is 0 Å². The molecule has 0 aromatic carbocycles. The maximum Gasteiger partial charge on any atom is 0.326 e. The number of aliphatic hydroxyl groups is 2. The van der Waals surface area contributed by atoms with E-state index in [0.29, 0.717) is 38.6 Å². The summed E-state index contributed by atoms with van der Waals surface area (Å²) in [6.07, 6.45) is 1.69. The Labute approximate surface area is 448 Å². The second-order valence-corrected chi connectivity index (χ2v) is 18.9. The van der Waals surface area contributed by atoms with Crippen LogP contribution in [0, 0.1) is 11.8 Å². The van der Waals surface area contributed by atoms with Crippen LogP contribution >= 0.6 is 0 Å². The maximum absolute atomic E-state index is 14.1. The Balaban J connectivity index is 6.67. The lowest BCUT2D eigenvalue weighted by molar-refractivity contribution is -0.143. The van der Waals surface area contributed by atoms with Crippen LogP contribution in [0.4, 0.5) is 0 Å². The first-order chi connectivity index (χ1) is 36.3. The van der Waals surface area contributed by atoms with Crippen LogP contribution in [0.2, 0.25) is 0 Å². The third-order valence-electron chi connectivity index (χ3n) is 11.8. The van der Waals surface area contributed by atoms with E-state index in [0.717, 1.165) is 0 Å². The molecule has 0 aromatic heterocycles. The van der Waals surface area contributed by atoms with Crippen molar-refractivity contribution in [3.8, 4) is 0 Å². The van der Waals surface area contributed by atoms with Crippen molar-refractivity contribution in [3.05, 3.63) is 0 Å². The summed E-state index contributed by atoms with van der Waals surface area (Å²) in [6, 6.07) is -13.3. The summed E-state index contributed by atoms with van der Waals surface area (Å²) < 4.78 is 0. The zero-order valence-corrected chi connectivity index (χ0v) is 44.7. The van der Waals surface area contributed by atoms with Crippen LogP contribution in [-0.2, 0) is 47.9 Å². The predicted molar refractivity (Wildman–Crippen MR) is 284 cm³/mol. The minimum Gasteiger partial charge on any atom is -0.480 e. The highest BCUT2D eigenvalue weighted by atomic mass is 16.4. The van der Waals surface area contributed by atoms with E-state index in [1.54, 1.807) is 27.7 Å². The van der Waals surface area contributed by atoms with Gasteiger partial charge in [0.15, 0.2) is 11.9 Å². The molecule has 0 aromatic rings. The molecule has 31 nitrogen and oxygen atoms in total. The van der Waals surface area contributed by atoms with Gasteiger partial charge in [-0.3, -0.25) is 53.1 Å². The predicted octanol–water partition coefficient (Wildman–Crippen LogP) is -7.41. The summed E-state index contributed by atoms with van der Waals surface area (Å²) >= 11 is 0. The van der Waals surface area contributed by atoms with Crippen LogP contribution in [0.25, 0.3) is 0 Å². The lowest BCUT2D eigenvalue weighted by atomic mass is 9.96. The molecule has 0 spiro atoms. The number of nitrogens with two attached hydrogens (primary N) is 8. The van der Waals surface area contributed by atoms with Gasteiger partial charge in [0.25, 0.3) is 0 Å². The number of unbranched alkanes of at least 4 members (excludes halogenated alkanes) is 2. The number of hydrogen-bond donors (Lipinski definition) is 19. The highest BCUT2D eigenvalue weighted by Crippen LogP contribution is 2.13. The summed E-state index contributed by atoms with van der Waals surface area (Å²) in [4.78, 5) is 141. The Bertz CT molecular complexity index is 1970. The number of hydrogen-bond acceptors (Lipinski definition) is 17. The van der Waals surface area contributed by atoms with Crippen LogP contribution in [0.5, 0.6) is 0 Å². The van der Waals surface area contributed by atoms with E-state index in [4.69, 9.17) is 45.9 Å². The number of carboxylic acid groups (broad SMARTS) is 1. The number of nitrogens with one attached hydrogen (secondary N) is 8. The summed E-state index contributed by atoms with van der Waals surface area (Å²) in [5, 5.41) is 49.2. The number of amides is 9. The van der Waals surface area contributed by atoms with Crippen molar-refractivity contribution in [1.82, 2.24) is 42.5 Å². The summed E-state index contributed by atoms with van der Waals surface area (Å²) in [6.45, 7) is 5.27. The first-order valence-electron chi connectivity index (χ1n) is 25.7. The minimum atomic E-state index is -1.90. The molecular formula is C46H88N18O13. The molecule has 0 radical (unpaired) electrons. The highest BCUT2D eigenvalue weighted by Gasteiger charge is 2.36. The van der Waals surface area contributed by atoms with Crippen molar-refractivity contribution in [1.29, 1.82) is 0 Å². The lowest BCUT2D eigenvalue weighted by Crippen LogP contribution is -2.62. The monoisotopic (exact) mass is 1100 g/mol. The van der Waals surface area contributed by atoms with E-state index >= 15 is 0 Å². The Hall–Kier alpha value is -6.96. The van der Waals surface area contributed by atoms with Crippen molar-refractivity contribution in [2.24, 2.45) is 67.7 Å². The van der Waals surface area contributed by atoms with Gasteiger partial charge in [-0.05, 0) is 89.1 Å². The van der Waals surface area contributed by atoms with Gasteiger partial charge in [0, 0.05) is 13.1 Å². The van der Waals surface area contributed by atoms with Gasteiger partial charge in [0.05, 0.1) is 25.7 Å². The van der Waals surface area contributed by atoms with Crippen LogP contribution in [-0.4, -0.2) is 180 Å². The van der Waals surface area contributed by atoms with Crippen molar-refractivity contribution in [2.45, 2.75) is 166 Å². The summed E-state index contributed by atoms with van der Waals surface area (Å²) in [7, 11) is 0. The molecule has 0 rings (SSSR count). The molecular weight excluding hydrogens is 1010 g/mol. The number of nitrogens with zero attached hydrogens (tertiary/aromatic N) is 2. The minimum absolute atomic E-state index is 0.00581. The molecule has 0 aliphatic heterocycles. The van der Waals surface area contributed by atoms with Crippen LogP contribution in [0.3, 0.4) is 0 Å². The topological polar surface area (TPSA) is 561 Å². The van der Waals surface area contributed by atoms with Gasteiger partial charge in [0.2, 0.25) is 53.2 Å². The van der Waals surface area contributed by atoms with Gasteiger partial charge in [0.1, 0.15) is 48.3 Å². The number of primary amides is 1. The summed E-state index contributed by atoms with van der Waals surface area (Å²) in [5.74, 6) is -11.5. The fraction of sp³-hybridized carbons (Fsp3) is 0.739. The third kappa shape index (κ3) is 29.2. The van der Waals surface area contributed by atoms with Crippen LogP contribution in [0.15, 0.2) is 9.98 Å². The van der Waals surface area contributed by atoms with E-state index in [1.165, 1.54) is 0 Å². The van der Waals surface area contributed by atoms with Crippen molar-refractivity contribution < 1.29 is 63.3 Å². The number of aliphatic imine (C=N–C) groups is 2. The van der Waals surface area contributed by atoms with Crippen LogP contribution < -0.4 is 88.4 Å². The molecule has 0 saturated carbocycles. The molecule has 440 valence electrons. The number of carbonyl (C=O) groups excluding carboxylic acids is 9. The first-order valence-corrected chi connectivity index (χ1v) is 25.7. The van der Waals surface area contributed by atoms with Crippen molar-refractivity contribution in [3.63, 3.8) is 0 Å². The normalized spacial score (nSPS) is 14.9. The largest absolute Gasteiger partial charge is 0.480 e. The Morgan fingerprint density at radius 3 is 1.22 bits per heavy atom. The van der Waals surface area contributed by atoms with Gasteiger partial charge in [-0.2, -0.15) is 0 Å². The molecule has 27 N–H and O–H groups in total. The molecule has 0 bridgehead atoms. The zero-order chi connectivity index (χ0) is 58.8. The number of aliphatic hydroxyl groups excluding tert-OH is 2. The second kappa shape index (κ2) is 38.6. The third-order valence-corrected chi connectivity index (χ3v) is 11.8. The SMILES string of the molecule is CC[C@H](C)[C@H](NC(=O)[C@H](CO)NC(=O)[C@H](CO)NC(=O)[C@H](CC(N)=O)NC(=O)[C@H](CCCN=C(N)N)NC(=O)[C@H](CCCCN)NC(=O)[C@H](CCCN=C(N)N)NC(=O)[C@@H](N)CCCCN)C(=O)N[C@@H](CC(C)C)C(=O)O. The maximum atomic E-state index is 14.1. The van der Waals surface area contributed by atoms with Gasteiger partial charge < -0.3 is 104 Å². The quantitative estimate of drug-likeness (QED) is 0.0154. The molecule has 31 heteroatoms. The van der Waals surface area contributed by atoms with Gasteiger partial charge in [-0.15, -0.1) is 0 Å². The molecule has 0 heterocycles.